The number of cyclic esters (lactones) is 1. The molecule has 1 aliphatic rings. The zero-order chi connectivity index (χ0) is 14.0. The van der Waals surface area contributed by atoms with Gasteiger partial charge in [-0.1, -0.05) is 6.92 Å². The number of hydrogen-bond acceptors (Lipinski definition) is 4. The molecular weight excluding hydrogens is 253 g/mol. The van der Waals surface area contributed by atoms with E-state index in [2.05, 4.69) is 5.32 Å². The first kappa shape index (κ1) is 13.1. The Balaban J connectivity index is 2.11. The van der Waals surface area contributed by atoms with Crippen LogP contribution in [-0.2, 0) is 9.53 Å². The number of amides is 2. The summed E-state index contributed by atoms with van der Waals surface area (Å²) in [6.07, 6.45) is -1.06. The van der Waals surface area contributed by atoms with Crippen LogP contribution >= 0.6 is 0 Å². The minimum absolute atomic E-state index is 0.00662. The molecule has 0 spiro atoms. The topological polar surface area (TPSA) is 84.7 Å². The van der Waals surface area contributed by atoms with Crippen molar-refractivity contribution in [1.29, 1.82) is 0 Å². The van der Waals surface area contributed by atoms with Crippen molar-refractivity contribution in [2.24, 2.45) is 0 Å². The summed E-state index contributed by atoms with van der Waals surface area (Å²) < 4.78 is 18.3. The van der Waals surface area contributed by atoms with Crippen molar-refractivity contribution in [1.82, 2.24) is 5.32 Å². The summed E-state index contributed by atoms with van der Waals surface area (Å²) in [5, 5.41) is 2.54. The molecule has 0 aromatic heterocycles. The van der Waals surface area contributed by atoms with E-state index in [0.717, 1.165) is 6.07 Å². The second-order valence-electron chi connectivity index (χ2n) is 4.11. The van der Waals surface area contributed by atoms with Gasteiger partial charge in [0.05, 0.1) is 17.9 Å². The zero-order valence-corrected chi connectivity index (χ0v) is 10.4. The Morgan fingerprint density at radius 2 is 2.37 bits per heavy atom. The lowest BCUT2D eigenvalue weighted by atomic mass is 10.2. The number of nitrogen functional groups attached to an aromatic ring is 1. The van der Waals surface area contributed by atoms with E-state index in [1.165, 1.54) is 17.0 Å². The van der Waals surface area contributed by atoms with Gasteiger partial charge in [0.1, 0.15) is 5.82 Å². The number of nitrogens with zero attached hydrogens (tertiary/aromatic N) is 1. The van der Waals surface area contributed by atoms with Crippen LogP contribution in [0.2, 0.25) is 0 Å². The van der Waals surface area contributed by atoms with E-state index in [-0.39, 0.29) is 18.1 Å². The van der Waals surface area contributed by atoms with Crippen LogP contribution in [0, 0.1) is 5.82 Å². The van der Waals surface area contributed by atoms with E-state index in [1.54, 1.807) is 6.92 Å². The molecule has 1 heterocycles. The first-order valence-electron chi connectivity index (χ1n) is 5.83. The first-order chi connectivity index (χ1) is 9.01. The van der Waals surface area contributed by atoms with E-state index in [1.807, 2.05) is 0 Å². The molecule has 1 fully saturated rings. The van der Waals surface area contributed by atoms with Crippen LogP contribution in [0.5, 0.6) is 0 Å². The number of anilines is 2. The largest absolute Gasteiger partial charge is 0.423 e. The summed E-state index contributed by atoms with van der Waals surface area (Å²) in [4.78, 5) is 24.1. The molecular formula is C12H14FN3O3. The Hall–Kier alpha value is -2.31. The number of ether oxygens (including phenoxy) is 1. The van der Waals surface area contributed by atoms with Gasteiger partial charge in [0, 0.05) is 6.42 Å². The number of carbonyl (C=O) groups excluding carboxylic acids is 2. The first-order valence-corrected chi connectivity index (χ1v) is 5.83. The minimum Gasteiger partial charge on any atom is -0.423 e. The molecule has 19 heavy (non-hydrogen) atoms. The van der Waals surface area contributed by atoms with Gasteiger partial charge in [-0.15, -0.1) is 0 Å². The average molecular weight is 267 g/mol. The van der Waals surface area contributed by atoms with Gasteiger partial charge in [0.2, 0.25) is 5.91 Å². The molecule has 0 aliphatic carbocycles. The molecule has 1 unspecified atom stereocenters. The molecule has 2 amide bonds. The molecule has 0 saturated carbocycles. The highest BCUT2D eigenvalue weighted by Crippen LogP contribution is 2.24. The van der Waals surface area contributed by atoms with Crippen LogP contribution in [0.3, 0.4) is 0 Å². The average Bonchev–Trinajstić information content (AvgIpc) is 2.73. The molecule has 1 aliphatic heterocycles. The lowest BCUT2D eigenvalue weighted by Gasteiger charge is -2.13. The summed E-state index contributed by atoms with van der Waals surface area (Å²) in [5.41, 5.74) is 5.71. The number of nitrogens with two attached hydrogens (primary N) is 1. The van der Waals surface area contributed by atoms with Crippen molar-refractivity contribution >= 4 is 23.4 Å². The maximum Gasteiger partial charge on any atom is 0.416 e. The quantitative estimate of drug-likeness (QED) is 0.806. The Kier molecular flexibility index (Phi) is 3.55. The molecule has 7 heteroatoms. The lowest BCUT2D eigenvalue weighted by Crippen LogP contribution is -2.37. The SMILES string of the molecule is CCC(=O)NC1CN(c2ccc(N)c(F)c2)C(=O)O1. The van der Waals surface area contributed by atoms with E-state index >= 15 is 0 Å². The van der Waals surface area contributed by atoms with Crippen LogP contribution in [-0.4, -0.2) is 24.8 Å². The summed E-state index contributed by atoms with van der Waals surface area (Å²) in [7, 11) is 0. The summed E-state index contributed by atoms with van der Waals surface area (Å²) in [6, 6.07) is 4.04. The highest BCUT2D eigenvalue weighted by molar-refractivity contribution is 5.90. The second kappa shape index (κ2) is 5.13. The second-order valence-corrected chi connectivity index (χ2v) is 4.11. The smallest absolute Gasteiger partial charge is 0.416 e. The van der Waals surface area contributed by atoms with Crippen molar-refractivity contribution in [2.45, 2.75) is 19.6 Å². The van der Waals surface area contributed by atoms with Gasteiger partial charge in [0.25, 0.3) is 0 Å². The van der Waals surface area contributed by atoms with E-state index in [0.29, 0.717) is 12.1 Å². The predicted octanol–water partition coefficient (Wildman–Crippen LogP) is 1.22. The number of nitrogens with one attached hydrogen (secondary N) is 1. The van der Waals surface area contributed by atoms with Gasteiger partial charge < -0.3 is 15.8 Å². The van der Waals surface area contributed by atoms with Crippen LogP contribution in [0.25, 0.3) is 0 Å². The van der Waals surface area contributed by atoms with Gasteiger partial charge >= 0.3 is 6.09 Å². The third kappa shape index (κ3) is 2.75. The van der Waals surface area contributed by atoms with Gasteiger partial charge in [0.15, 0.2) is 6.23 Å². The number of benzene rings is 1. The van der Waals surface area contributed by atoms with Crippen LogP contribution < -0.4 is 16.0 Å². The van der Waals surface area contributed by atoms with Crippen molar-refractivity contribution in [2.75, 3.05) is 17.2 Å². The minimum atomic E-state index is -0.722. The highest BCUT2D eigenvalue weighted by atomic mass is 19.1. The van der Waals surface area contributed by atoms with Gasteiger partial charge in [-0.25, -0.2) is 9.18 Å². The van der Waals surface area contributed by atoms with Gasteiger partial charge in [-0.2, -0.15) is 0 Å². The molecule has 6 nitrogen and oxygen atoms in total. The fraction of sp³-hybridized carbons (Fsp3) is 0.333. The summed E-state index contributed by atoms with van der Waals surface area (Å²) >= 11 is 0. The maximum atomic E-state index is 13.3. The summed E-state index contributed by atoms with van der Waals surface area (Å²) in [6.45, 7) is 1.83. The molecule has 0 bridgehead atoms. The molecule has 2 rings (SSSR count). The molecule has 102 valence electrons. The summed E-state index contributed by atoms with van der Waals surface area (Å²) in [5.74, 6) is -0.825. The number of rotatable bonds is 3. The Bertz CT molecular complexity index is 521. The van der Waals surface area contributed by atoms with E-state index in [4.69, 9.17) is 10.5 Å². The van der Waals surface area contributed by atoms with Crippen LogP contribution in [0.15, 0.2) is 18.2 Å². The standard InChI is InChI=1S/C12H14FN3O3/c1-2-10(17)15-11-6-16(12(18)19-11)7-3-4-9(14)8(13)5-7/h3-5,11H,2,6,14H2,1H3,(H,15,17). The van der Waals surface area contributed by atoms with Crippen molar-refractivity contribution < 1.29 is 18.7 Å². The lowest BCUT2D eigenvalue weighted by molar-refractivity contribution is -0.123. The molecule has 1 aromatic rings. The molecule has 1 atom stereocenters. The fourth-order valence-corrected chi connectivity index (χ4v) is 1.71. The molecule has 1 saturated heterocycles. The third-order valence-corrected chi connectivity index (χ3v) is 2.75. The third-order valence-electron chi connectivity index (χ3n) is 2.75. The van der Waals surface area contributed by atoms with Crippen molar-refractivity contribution in [3.63, 3.8) is 0 Å². The van der Waals surface area contributed by atoms with E-state index in [9.17, 15) is 14.0 Å². The molecule has 3 N–H and O–H groups in total. The van der Waals surface area contributed by atoms with Crippen molar-refractivity contribution in [3.05, 3.63) is 24.0 Å². The maximum absolute atomic E-state index is 13.3. The Labute approximate surface area is 109 Å². The molecule has 1 aromatic carbocycles. The normalized spacial score (nSPS) is 18.3. The predicted molar refractivity (Wildman–Crippen MR) is 66.9 cm³/mol. The van der Waals surface area contributed by atoms with Crippen LogP contribution in [0.4, 0.5) is 20.6 Å². The Morgan fingerprint density at radius 1 is 1.63 bits per heavy atom. The number of halogens is 1. The Morgan fingerprint density at radius 3 is 3.00 bits per heavy atom. The van der Waals surface area contributed by atoms with Crippen molar-refractivity contribution in [3.8, 4) is 0 Å². The van der Waals surface area contributed by atoms with Crippen LogP contribution in [0.1, 0.15) is 13.3 Å². The number of hydrogen-bond donors (Lipinski definition) is 2. The van der Waals surface area contributed by atoms with E-state index < -0.39 is 18.1 Å². The fourth-order valence-electron chi connectivity index (χ4n) is 1.71. The molecule has 0 radical (unpaired) electrons. The number of carbonyl (C=O) groups is 2. The monoisotopic (exact) mass is 267 g/mol. The zero-order valence-electron chi connectivity index (χ0n) is 10.4. The highest BCUT2D eigenvalue weighted by Gasteiger charge is 2.33. The van der Waals surface area contributed by atoms with Gasteiger partial charge in [-0.3, -0.25) is 9.69 Å². The van der Waals surface area contributed by atoms with Gasteiger partial charge in [-0.05, 0) is 18.2 Å².